The van der Waals surface area contributed by atoms with Crippen molar-refractivity contribution in [2.75, 3.05) is 20.1 Å². The zero-order chi connectivity index (χ0) is 15.0. The van der Waals surface area contributed by atoms with Crippen LogP contribution in [0.15, 0.2) is 18.3 Å². The Hall–Kier alpha value is -1.78. The first kappa shape index (κ1) is 14.2. The summed E-state index contributed by atoms with van der Waals surface area (Å²) in [7, 11) is 3.79. The highest BCUT2D eigenvalue weighted by Gasteiger charge is 2.44. The number of carbonyl (C=O) groups is 2. The van der Waals surface area contributed by atoms with Gasteiger partial charge in [-0.25, -0.2) is 0 Å². The van der Waals surface area contributed by atoms with Gasteiger partial charge in [0.15, 0.2) is 0 Å². The molecule has 0 saturated carbocycles. The molecule has 0 bridgehead atoms. The van der Waals surface area contributed by atoms with Crippen molar-refractivity contribution in [1.29, 1.82) is 0 Å². The first-order valence-electron chi connectivity index (χ1n) is 7.71. The minimum absolute atomic E-state index is 0.0768. The van der Waals surface area contributed by atoms with Crippen LogP contribution in [-0.4, -0.2) is 51.9 Å². The van der Waals surface area contributed by atoms with Crippen LogP contribution in [0, 0.1) is 0 Å². The van der Waals surface area contributed by atoms with Crippen LogP contribution in [0.2, 0.25) is 0 Å². The number of amides is 2. The van der Waals surface area contributed by atoms with Gasteiger partial charge in [-0.2, -0.15) is 0 Å². The van der Waals surface area contributed by atoms with Crippen LogP contribution in [0.25, 0.3) is 0 Å². The third-order valence-electron chi connectivity index (χ3n) is 5.12. The van der Waals surface area contributed by atoms with E-state index in [-0.39, 0.29) is 17.4 Å². The molecule has 21 heavy (non-hydrogen) atoms. The molecule has 1 atom stereocenters. The minimum Gasteiger partial charge on any atom is -0.347 e. The smallest absolute Gasteiger partial charge is 0.270 e. The molecule has 2 amide bonds. The minimum atomic E-state index is -0.144. The summed E-state index contributed by atoms with van der Waals surface area (Å²) in [6, 6.07) is 3.75. The van der Waals surface area contributed by atoms with Crippen LogP contribution in [0.1, 0.15) is 42.6 Å². The number of rotatable bonds is 1. The zero-order valence-corrected chi connectivity index (χ0v) is 12.8. The van der Waals surface area contributed by atoms with Gasteiger partial charge in [0.2, 0.25) is 5.91 Å². The van der Waals surface area contributed by atoms with Crippen molar-refractivity contribution in [1.82, 2.24) is 14.4 Å². The third-order valence-corrected chi connectivity index (χ3v) is 5.12. The Morgan fingerprint density at radius 3 is 2.71 bits per heavy atom. The van der Waals surface area contributed by atoms with Gasteiger partial charge in [0.1, 0.15) is 5.69 Å². The summed E-state index contributed by atoms with van der Waals surface area (Å²) in [5.74, 6) is 0.294. The van der Waals surface area contributed by atoms with E-state index >= 15 is 0 Å². The molecule has 5 nitrogen and oxygen atoms in total. The highest BCUT2D eigenvalue weighted by molar-refractivity contribution is 5.93. The molecule has 2 fully saturated rings. The lowest BCUT2D eigenvalue weighted by molar-refractivity contribution is -0.142. The fourth-order valence-corrected chi connectivity index (χ4v) is 3.78. The number of piperidine rings is 2. The van der Waals surface area contributed by atoms with E-state index in [2.05, 4.69) is 0 Å². The van der Waals surface area contributed by atoms with Gasteiger partial charge in [0, 0.05) is 39.8 Å². The second-order valence-electron chi connectivity index (χ2n) is 6.37. The Balaban J connectivity index is 1.81. The van der Waals surface area contributed by atoms with Gasteiger partial charge in [-0.05, 0) is 37.8 Å². The number of aryl methyl sites for hydroxylation is 1. The number of likely N-dealkylation sites (N-methyl/N-ethyl adjacent to an activating group) is 1. The number of nitrogens with zero attached hydrogens (tertiary/aromatic N) is 3. The van der Waals surface area contributed by atoms with Gasteiger partial charge < -0.3 is 14.4 Å². The van der Waals surface area contributed by atoms with Crippen molar-refractivity contribution < 1.29 is 9.59 Å². The highest BCUT2D eigenvalue weighted by atomic mass is 16.2. The molecule has 1 aromatic rings. The quantitative estimate of drug-likeness (QED) is 0.789. The molecule has 2 aliphatic rings. The normalized spacial score (nSPS) is 26.5. The largest absolute Gasteiger partial charge is 0.347 e. The van der Waals surface area contributed by atoms with E-state index < -0.39 is 0 Å². The van der Waals surface area contributed by atoms with E-state index in [0.29, 0.717) is 13.0 Å². The molecule has 5 heteroatoms. The van der Waals surface area contributed by atoms with E-state index in [9.17, 15) is 9.59 Å². The number of hydrogen-bond acceptors (Lipinski definition) is 2. The van der Waals surface area contributed by atoms with E-state index in [0.717, 1.165) is 37.9 Å². The molecule has 2 aliphatic heterocycles. The summed E-state index contributed by atoms with van der Waals surface area (Å²) in [4.78, 5) is 28.6. The number of carbonyl (C=O) groups excluding carboxylic acids is 2. The molecular formula is C16H23N3O2. The Bertz CT molecular complexity index is 562. The lowest BCUT2D eigenvalue weighted by Gasteiger charge is -2.50. The molecular weight excluding hydrogens is 266 g/mol. The number of likely N-dealkylation sites (tertiary alicyclic amines) is 2. The van der Waals surface area contributed by atoms with Gasteiger partial charge in [0.05, 0.1) is 5.54 Å². The summed E-state index contributed by atoms with van der Waals surface area (Å²) < 4.78 is 1.86. The Kier molecular flexibility index (Phi) is 3.51. The Morgan fingerprint density at radius 2 is 2.00 bits per heavy atom. The first-order chi connectivity index (χ1) is 10.0. The van der Waals surface area contributed by atoms with Crippen molar-refractivity contribution in [2.24, 2.45) is 7.05 Å². The molecule has 3 rings (SSSR count). The third kappa shape index (κ3) is 2.34. The van der Waals surface area contributed by atoms with Gasteiger partial charge in [-0.1, -0.05) is 0 Å². The van der Waals surface area contributed by atoms with Gasteiger partial charge in [-0.3, -0.25) is 9.59 Å². The van der Waals surface area contributed by atoms with Crippen LogP contribution >= 0.6 is 0 Å². The van der Waals surface area contributed by atoms with Crippen LogP contribution in [0.3, 0.4) is 0 Å². The molecule has 0 N–H and O–H groups in total. The van der Waals surface area contributed by atoms with Gasteiger partial charge in [0.25, 0.3) is 5.91 Å². The Labute approximate surface area is 125 Å². The summed E-state index contributed by atoms with van der Waals surface area (Å²) in [6.45, 7) is 1.45. The molecule has 1 spiro atoms. The molecule has 2 saturated heterocycles. The molecule has 114 valence electrons. The van der Waals surface area contributed by atoms with Crippen LogP contribution in [0.4, 0.5) is 0 Å². The van der Waals surface area contributed by atoms with Crippen molar-refractivity contribution >= 4 is 11.8 Å². The SMILES string of the molecule is CN1C(=O)CCCC12CCCN(C(=O)c1cccn1C)C2. The lowest BCUT2D eigenvalue weighted by Crippen LogP contribution is -2.61. The maximum Gasteiger partial charge on any atom is 0.270 e. The predicted molar refractivity (Wildman–Crippen MR) is 79.9 cm³/mol. The van der Waals surface area contributed by atoms with Crippen LogP contribution in [-0.2, 0) is 11.8 Å². The standard InChI is InChI=1S/C16H23N3O2/c1-17-10-4-6-13(17)15(21)19-11-5-9-16(12-19)8-3-7-14(20)18(16)2/h4,6,10H,3,5,7-9,11-12H2,1-2H3. The average Bonchev–Trinajstić information content (AvgIpc) is 2.90. The van der Waals surface area contributed by atoms with Crippen molar-refractivity contribution in [3.8, 4) is 0 Å². The van der Waals surface area contributed by atoms with Gasteiger partial charge >= 0.3 is 0 Å². The molecule has 1 aromatic heterocycles. The fraction of sp³-hybridized carbons (Fsp3) is 0.625. The molecule has 0 aliphatic carbocycles. The lowest BCUT2D eigenvalue weighted by atomic mass is 9.80. The predicted octanol–water partition coefficient (Wildman–Crippen LogP) is 1.64. The Morgan fingerprint density at radius 1 is 1.24 bits per heavy atom. The highest BCUT2D eigenvalue weighted by Crippen LogP contribution is 2.36. The van der Waals surface area contributed by atoms with Crippen LogP contribution < -0.4 is 0 Å². The topological polar surface area (TPSA) is 45.6 Å². The number of aromatic nitrogens is 1. The first-order valence-corrected chi connectivity index (χ1v) is 7.71. The van der Waals surface area contributed by atoms with Gasteiger partial charge in [-0.15, -0.1) is 0 Å². The molecule has 3 heterocycles. The monoisotopic (exact) mass is 289 g/mol. The van der Waals surface area contributed by atoms with E-state index in [1.54, 1.807) is 0 Å². The van der Waals surface area contributed by atoms with E-state index in [4.69, 9.17) is 0 Å². The molecule has 0 aromatic carbocycles. The van der Waals surface area contributed by atoms with Crippen molar-refractivity contribution in [3.05, 3.63) is 24.0 Å². The maximum atomic E-state index is 12.7. The average molecular weight is 289 g/mol. The van der Waals surface area contributed by atoms with Crippen molar-refractivity contribution in [2.45, 2.75) is 37.6 Å². The van der Waals surface area contributed by atoms with E-state index in [1.165, 1.54) is 0 Å². The zero-order valence-electron chi connectivity index (χ0n) is 12.8. The van der Waals surface area contributed by atoms with Crippen molar-refractivity contribution in [3.63, 3.8) is 0 Å². The summed E-state index contributed by atoms with van der Waals surface area (Å²) >= 11 is 0. The molecule has 1 unspecified atom stereocenters. The second-order valence-corrected chi connectivity index (χ2v) is 6.37. The summed E-state index contributed by atoms with van der Waals surface area (Å²) in [6.07, 6.45) is 6.45. The van der Waals surface area contributed by atoms with Crippen LogP contribution in [0.5, 0.6) is 0 Å². The summed E-state index contributed by atoms with van der Waals surface area (Å²) in [5.41, 5.74) is 0.575. The molecule has 0 radical (unpaired) electrons. The maximum absolute atomic E-state index is 12.7. The van der Waals surface area contributed by atoms with E-state index in [1.807, 2.05) is 46.8 Å². The summed E-state index contributed by atoms with van der Waals surface area (Å²) in [5, 5.41) is 0. The second kappa shape index (κ2) is 5.20. The fourth-order valence-electron chi connectivity index (χ4n) is 3.78. The number of hydrogen-bond donors (Lipinski definition) is 0.